The molecule has 164 valence electrons. The van der Waals surface area contributed by atoms with Crippen LogP contribution in [0.15, 0.2) is 60.8 Å². The van der Waals surface area contributed by atoms with E-state index in [-0.39, 0.29) is 35.2 Å². The molecule has 0 aliphatic heterocycles. The van der Waals surface area contributed by atoms with Crippen LogP contribution in [0.25, 0.3) is 0 Å². The second kappa shape index (κ2) is 10.0. The van der Waals surface area contributed by atoms with Crippen molar-refractivity contribution in [1.82, 2.24) is 10.3 Å². The van der Waals surface area contributed by atoms with Crippen molar-refractivity contribution in [3.05, 3.63) is 77.9 Å². The van der Waals surface area contributed by atoms with Gasteiger partial charge in [0.25, 0.3) is 5.91 Å². The zero-order valence-corrected chi connectivity index (χ0v) is 16.9. The third kappa shape index (κ3) is 6.02. The molecule has 0 unspecified atom stereocenters. The molecule has 1 heterocycles. The van der Waals surface area contributed by atoms with E-state index in [4.69, 9.17) is 9.84 Å². The molecule has 0 atom stereocenters. The van der Waals surface area contributed by atoms with E-state index in [1.807, 2.05) is 0 Å². The summed E-state index contributed by atoms with van der Waals surface area (Å²) >= 11 is 0. The molecule has 0 saturated heterocycles. The molecule has 1 aromatic heterocycles. The molecule has 0 radical (unpaired) electrons. The zero-order chi connectivity index (χ0) is 23.1. The summed E-state index contributed by atoms with van der Waals surface area (Å²) < 4.78 is 20.0. The molecule has 9 nitrogen and oxygen atoms in total. The van der Waals surface area contributed by atoms with E-state index in [2.05, 4.69) is 20.9 Å². The molecule has 0 aliphatic carbocycles. The average Bonchev–Trinajstić information content (AvgIpc) is 2.75. The molecule has 0 saturated carbocycles. The standard InChI is InChI=1S/C22H19FN4O5/c1-24-21(30)19-12-16(7-8-25-19)32-15-5-6-18(17(23)11-15)27-22(31)26-14-4-2-3-13(9-14)10-20(28)29/h2-9,11-12H,10H2,1H3,(H,24,30)(H,28,29)(H2,26,27,31). The Morgan fingerprint density at radius 1 is 1.03 bits per heavy atom. The molecule has 4 N–H and O–H groups in total. The van der Waals surface area contributed by atoms with Crippen molar-refractivity contribution in [1.29, 1.82) is 0 Å². The normalized spacial score (nSPS) is 10.2. The molecule has 2 aromatic carbocycles. The molecule has 3 aromatic rings. The number of carbonyl (C=O) groups excluding carboxylic acids is 2. The Kier molecular flexibility index (Phi) is 6.96. The maximum atomic E-state index is 14.5. The van der Waals surface area contributed by atoms with Gasteiger partial charge in [-0.1, -0.05) is 12.1 Å². The Morgan fingerprint density at radius 3 is 2.53 bits per heavy atom. The lowest BCUT2D eigenvalue weighted by molar-refractivity contribution is -0.136. The van der Waals surface area contributed by atoms with Crippen molar-refractivity contribution in [2.24, 2.45) is 0 Å². The number of carboxylic acids is 1. The van der Waals surface area contributed by atoms with Crippen LogP contribution >= 0.6 is 0 Å². The molecule has 0 fully saturated rings. The number of pyridine rings is 1. The molecule has 0 aliphatic rings. The van der Waals surface area contributed by atoms with E-state index in [0.717, 1.165) is 6.07 Å². The average molecular weight is 438 g/mol. The highest BCUT2D eigenvalue weighted by molar-refractivity contribution is 6.00. The Labute approximate surface area is 182 Å². The van der Waals surface area contributed by atoms with Crippen molar-refractivity contribution in [3.8, 4) is 11.5 Å². The van der Waals surface area contributed by atoms with Crippen LogP contribution in [0.5, 0.6) is 11.5 Å². The molecular formula is C22H19FN4O5. The summed E-state index contributed by atoms with van der Waals surface area (Å²) in [6, 6.07) is 12.4. The number of benzene rings is 2. The smallest absolute Gasteiger partial charge is 0.323 e. The highest BCUT2D eigenvalue weighted by Crippen LogP contribution is 2.26. The van der Waals surface area contributed by atoms with Gasteiger partial charge in [-0.15, -0.1) is 0 Å². The predicted molar refractivity (Wildman–Crippen MR) is 115 cm³/mol. The van der Waals surface area contributed by atoms with Gasteiger partial charge in [0.15, 0.2) is 0 Å². The van der Waals surface area contributed by atoms with Gasteiger partial charge >= 0.3 is 12.0 Å². The molecule has 32 heavy (non-hydrogen) atoms. The summed E-state index contributed by atoms with van der Waals surface area (Å²) in [4.78, 5) is 38.6. The van der Waals surface area contributed by atoms with Gasteiger partial charge in [-0.2, -0.15) is 0 Å². The highest BCUT2D eigenvalue weighted by Gasteiger charge is 2.11. The molecule has 3 rings (SSSR count). The number of halogens is 1. The van der Waals surface area contributed by atoms with Crippen molar-refractivity contribution in [3.63, 3.8) is 0 Å². The van der Waals surface area contributed by atoms with Crippen molar-refractivity contribution in [2.75, 3.05) is 17.7 Å². The first-order chi connectivity index (χ1) is 15.3. The van der Waals surface area contributed by atoms with Gasteiger partial charge in [0, 0.05) is 31.1 Å². The van der Waals surface area contributed by atoms with Crippen LogP contribution in [0.1, 0.15) is 16.1 Å². The topological polar surface area (TPSA) is 130 Å². The monoisotopic (exact) mass is 438 g/mol. The van der Waals surface area contributed by atoms with Crippen molar-refractivity contribution in [2.45, 2.75) is 6.42 Å². The van der Waals surface area contributed by atoms with Gasteiger partial charge in [0.2, 0.25) is 0 Å². The fourth-order valence-electron chi connectivity index (χ4n) is 2.74. The Balaban J connectivity index is 1.65. The number of rotatable bonds is 7. The third-order valence-electron chi connectivity index (χ3n) is 4.16. The molecule has 3 amide bonds. The SMILES string of the molecule is CNC(=O)c1cc(Oc2ccc(NC(=O)Nc3cccc(CC(=O)O)c3)c(F)c2)ccn1. The number of carbonyl (C=O) groups is 3. The van der Waals surface area contributed by atoms with Crippen LogP contribution < -0.4 is 20.7 Å². The number of aliphatic carboxylic acids is 1. The van der Waals surface area contributed by atoms with Crippen LogP contribution in [0.4, 0.5) is 20.6 Å². The number of hydrogen-bond donors (Lipinski definition) is 4. The van der Waals surface area contributed by atoms with E-state index in [0.29, 0.717) is 11.3 Å². The fourth-order valence-corrected chi connectivity index (χ4v) is 2.74. The lowest BCUT2D eigenvalue weighted by atomic mass is 10.1. The van der Waals surface area contributed by atoms with Gasteiger partial charge < -0.3 is 25.8 Å². The minimum Gasteiger partial charge on any atom is -0.481 e. The van der Waals surface area contributed by atoms with Crippen LogP contribution in [0.3, 0.4) is 0 Å². The van der Waals surface area contributed by atoms with Gasteiger partial charge in [-0.25, -0.2) is 9.18 Å². The molecule has 0 bridgehead atoms. The van der Waals surface area contributed by atoms with Crippen molar-refractivity contribution < 1.29 is 28.6 Å². The molecule has 10 heteroatoms. The van der Waals surface area contributed by atoms with Crippen LogP contribution in [-0.4, -0.2) is 35.0 Å². The number of nitrogens with one attached hydrogen (secondary N) is 3. The number of aromatic nitrogens is 1. The largest absolute Gasteiger partial charge is 0.481 e. The van der Waals surface area contributed by atoms with E-state index in [1.54, 1.807) is 18.2 Å². The van der Waals surface area contributed by atoms with Gasteiger partial charge in [0.05, 0.1) is 12.1 Å². The van der Waals surface area contributed by atoms with Crippen molar-refractivity contribution >= 4 is 29.3 Å². The minimum absolute atomic E-state index is 0.0858. The fraction of sp³-hybridized carbons (Fsp3) is 0.0909. The lowest BCUT2D eigenvalue weighted by Gasteiger charge is -2.11. The zero-order valence-electron chi connectivity index (χ0n) is 16.9. The number of urea groups is 1. The third-order valence-corrected chi connectivity index (χ3v) is 4.16. The number of amides is 3. The summed E-state index contributed by atoms with van der Waals surface area (Å²) in [6.45, 7) is 0. The maximum Gasteiger partial charge on any atom is 0.323 e. The Hall–Kier alpha value is -4.47. The maximum absolute atomic E-state index is 14.5. The summed E-state index contributed by atoms with van der Waals surface area (Å²) in [5, 5.41) is 16.2. The second-order valence-corrected chi connectivity index (χ2v) is 6.55. The quantitative estimate of drug-likeness (QED) is 0.446. The van der Waals surface area contributed by atoms with Crippen LogP contribution in [0.2, 0.25) is 0 Å². The van der Waals surface area contributed by atoms with Crippen LogP contribution in [0, 0.1) is 5.82 Å². The minimum atomic E-state index is -0.993. The Morgan fingerprint density at radius 2 is 1.81 bits per heavy atom. The summed E-state index contributed by atoms with van der Waals surface area (Å²) in [7, 11) is 1.47. The van der Waals surface area contributed by atoms with Gasteiger partial charge in [0.1, 0.15) is 23.0 Å². The van der Waals surface area contributed by atoms with Gasteiger partial charge in [-0.05, 0) is 35.9 Å². The highest BCUT2D eigenvalue weighted by atomic mass is 19.1. The molecule has 0 spiro atoms. The molecular weight excluding hydrogens is 419 g/mol. The number of ether oxygens (including phenoxy) is 1. The second-order valence-electron chi connectivity index (χ2n) is 6.55. The number of hydrogen-bond acceptors (Lipinski definition) is 5. The van der Waals surface area contributed by atoms with Crippen LogP contribution in [-0.2, 0) is 11.2 Å². The predicted octanol–water partition coefficient (Wildman–Crippen LogP) is 3.64. The number of anilines is 2. The summed E-state index contributed by atoms with van der Waals surface area (Å²) in [5.41, 5.74) is 0.940. The first-order valence-electron chi connectivity index (χ1n) is 9.38. The first kappa shape index (κ1) is 22.2. The summed E-state index contributed by atoms with van der Waals surface area (Å²) in [5.74, 6) is -1.67. The van der Waals surface area contributed by atoms with E-state index >= 15 is 0 Å². The van der Waals surface area contributed by atoms with Gasteiger partial charge in [-0.3, -0.25) is 14.6 Å². The lowest BCUT2D eigenvalue weighted by Crippen LogP contribution is -2.20. The summed E-state index contributed by atoms with van der Waals surface area (Å²) in [6.07, 6.45) is 1.21. The first-order valence-corrected chi connectivity index (χ1v) is 9.38. The Bertz CT molecular complexity index is 1170. The number of carboxylic acid groups (broad SMARTS) is 1. The van der Waals surface area contributed by atoms with E-state index in [1.165, 1.54) is 43.6 Å². The van der Waals surface area contributed by atoms with E-state index in [9.17, 15) is 18.8 Å². The number of nitrogens with zero attached hydrogens (tertiary/aromatic N) is 1. The van der Waals surface area contributed by atoms with E-state index < -0.39 is 17.8 Å².